The Morgan fingerprint density at radius 2 is 1.90 bits per heavy atom. The van der Waals surface area contributed by atoms with Crippen molar-refractivity contribution in [2.45, 2.75) is 38.0 Å². The van der Waals surface area contributed by atoms with E-state index in [0.29, 0.717) is 28.8 Å². The molecule has 0 fully saturated rings. The number of hydrogen-bond donors (Lipinski definition) is 3. The highest BCUT2D eigenvalue weighted by atomic mass is 32.2. The Bertz CT molecular complexity index is 1070. The molecule has 31 heavy (non-hydrogen) atoms. The fourth-order valence-electron chi connectivity index (χ4n) is 4.01. The van der Waals surface area contributed by atoms with Crippen LogP contribution in [0, 0.1) is 5.92 Å². The van der Waals surface area contributed by atoms with Gasteiger partial charge in [0.05, 0.1) is 24.2 Å². The number of phenols is 1. The summed E-state index contributed by atoms with van der Waals surface area (Å²) in [5.41, 5.74) is 3.29. The first-order valence-corrected chi connectivity index (χ1v) is 12.1. The Morgan fingerprint density at radius 1 is 1.19 bits per heavy atom. The third-order valence-corrected chi connectivity index (χ3v) is 7.66. The minimum atomic E-state index is -3.51. The number of aromatic nitrogens is 1. The molecule has 0 aliphatic carbocycles. The van der Waals surface area contributed by atoms with Gasteiger partial charge in [-0.3, -0.25) is 4.98 Å². The molecule has 2 heterocycles. The van der Waals surface area contributed by atoms with E-state index in [1.807, 2.05) is 44.2 Å². The fraction of sp³-hybridized carbons (Fsp3) is 0.375. The lowest BCUT2D eigenvalue weighted by Crippen LogP contribution is -2.29. The summed E-state index contributed by atoms with van der Waals surface area (Å²) in [6.45, 7) is 3.26. The zero-order valence-electron chi connectivity index (χ0n) is 17.8. The summed E-state index contributed by atoms with van der Waals surface area (Å²) in [4.78, 5) is 4.40. The molecule has 0 amide bonds. The minimum absolute atomic E-state index is 0.0388. The van der Waals surface area contributed by atoms with Gasteiger partial charge >= 0.3 is 0 Å². The van der Waals surface area contributed by atoms with Crippen LogP contribution in [-0.2, 0) is 9.84 Å². The van der Waals surface area contributed by atoms with E-state index in [2.05, 4.69) is 4.98 Å². The highest BCUT2D eigenvalue weighted by molar-refractivity contribution is 7.92. The predicted molar refractivity (Wildman–Crippen MR) is 122 cm³/mol. The molecule has 3 rings (SSSR count). The molecule has 0 unspecified atom stereocenters. The lowest BCUT2D eigenvalue weighted by molar-refractivity contribution is 0.189. The number of aliphatic hydroxyl groups is 2. The Morgan fingerprint density at radius 3 is 2.52 bits per heavy atom. The first-order valence-electron chi connectivity index (χ1n) is 10.4. The van der Waals surface area contributed by atoms with Gasteiger partial charge < -0.3 is 15.3 Å². The summed E-state index contributed by atoms with van der Waals surface area (Å²) in [5, 5.41) is 29.8. The molecule has 3 N–H and O–H groups in total. The quantitative estimate of drug-likeness (QED) is 0.541. The third kappa shape index (κ3) is 5.23. The molecule has 0 radical (unpaired) electrons. The number of aromatic hydroxyl groups is 1. The average Bonchev–Trinajstić information content (AvgIpc) is 3.03. The molecule has 0 spiro atoms. The van der Waals surface area contributed by atoms with Crippen LogP contribution in [0.4, 0.5) is 0 Å². The van der Waals surface area contributed by atoms with Crippen molar-refractivity contribution in [3.8, 4) is 5.75 Å². The van der Waals surface area contributed by atoms with Crippen LogP contribution in [0.5, 0.6) is 5.75 Å². The SMILES string of the molecule is CC(C)C1=C([C@H](O)CC/C(=C/c2ccccc2O)c2ccccn2)[C@H](CO)S(=O)(=O)C1. The van der Waals surface area contributed by atoms with Crippen LogP contribution in [-0.4, -0.2) is 52.4 Å². The number of aliphatic hydroxyl groups excluding tert-OH is 2. The summed E-state index contributed by atoms with van der Waals surface area (Å²) in [5.74, 6) is -0.0186. The number of pyridine rings is 1. The summed E-state index contributed by atoms with van der Waals surface area (Å²) in [6, 6.07) is 12.5. The largest absolute Gasteiger partial charge is 0.507 e. The van der Waals surface area contributed by atoms with Crippen LogP contribution in [0.25, 0.3) is 11.6 Å². The molecule has 1 aromatic carbocycles. The standard InChI is InChI=1S/C24H29NO5S/c1-16(2)19-15-31(29,30)23(14-26)24(19)22(28)11-10-17(20-8-5-6-12-25-20)13-18-7-3-4-9-21(18)27/h3-9,12-13,16,22-23,26-28H,10-11,14-15H2,1-2H3/b17-13-/t22-,23+/m1/s1. The molecule has 6 nitrogen and oxygen atoms in total. The van der Waals surface area contributed by atoms with E-state index in [0.717, 1.165) is 5.57 Å². The highest BCUT2D eigenvalue weighted by Gasteiger charge is 2.41. The second kappa shape index (κ2) is 9.77. The molecule has 166 valence electrons. The van der Waals surface area contributed by atoms with Crippen LogP contribution < -0.4 is 0 Å². The topological polar surface area (TPSA) is 108 Å². The molecule has 0 saturated heterocycles. The molecule has 1 aliphatic rings. The fourth-order valence-corrected chi connectivity index (χ4v) is 6.07. The monoisotopic (exact) mass is 443 g/mol. The lowest BCUT2D eigenvalue weighted by Gasteiger charge is -2.20. The molecule has 7 heteroatoms. The van der Waals surface area contributed by atoms with E-state index < -0.39 is 27.8 Å². The van der Waals surface area contributed by atoms with Gasteiger partial charge in [-0.2, -0.15) is 0 Å². The lowest BCUT2D eigenvalue weighted by atomic mass is 9.90. The number of para-hydroxylation sites is 1. The molecule has 2 atom stereocenters. The van der Waals surface area contributed by atoms with Crippen LogP contribution in [0.2, 0.25) is 0 Å². The van der Waals surface area contributed by atoms with Gasteiger partial charge in [-0.25, -0.2) is 8.42 Å². The van der Waals surface area contributed by atoms with Gasteiger partial charge in [-0.15, -0.1) is 0 Å². The number of allylic oxidation sites excluding steroid dienone is 1. The summed E-state index contributed by atoms with van der Waals surface area (Å²) < 4.78 is 25.0. The summed E-state index contributed by atoms with van der Waals surface area (Å²) in [7, 11) is -3.51. The Labute approximate surface area is 183 Å². The maximum Gasteiger partial charge on any atom is 0.163 e. The van der Waals surface area contributed by atoms with Crippen LogP contribution in [0.1, 0.15) is 37.9 Å². The number of hydrogen-bond acceptors (Lipinski definition) is 6. The maximum absolute atomic E-state index is 12.5. The summed E-state index contributed by atoms with van der Waals surface area (Å²) >= 11 is 0. The first kappa shape index (κ1) is 23.2. The number of rotatable bonds is 8. The van der Waals surface area contributed by atoms with Crippen LogP contribution >= 0.6 is 0 Å². The van der Waals surface area contributed by atoms with Gasteiger partial charge in [-0.1, -0.05) is 38.1 Å². The van der Waals surface area contributed by atoms with E-state index in [9.17, 15) is 23.7 Å². The molecule has 0 saturated carbocycles. The smallest absolute Gasteiger partial charge is 0.163 e. The van der Waals surface area contributed by atoms with Crippen molar-refractivity contribution in [3.63, 3.8) is 0 Å². The van der Waals surface area contributed by atoms with E-state index in [1.165, 1.54) is 0 Å². The van der Waals surface area contributed by atoms with Crippen molar-refractivity contribution < 1.29 is 23.7 Å². The van der Waals surface area contributed by atoms with Gasteiger partial charge in [-0.05, 0) is 59.8 Å². The van der Waals surface area contributed by atoms with Crippen molar-refractivity contribution in [1.29, 1.82) is 0 Å². The second-order valence-electron chi connectivity index (χ2n) is 8.11. The van der Waals surface area contributed by atoms with Crippen LogP contribution in [0.15, 0.2) is 59.8 Å². The van der Waals surface area contributed by atoms with E-state index >= 15 is 0 Å². The van der Waals surface area contributed by atoms with Crippen molar-refractivity contribution in [2.24, 2.45) is 5.92 Å². The first-order chi connectivity index (χ1) is 14.7. The molecular weight excluding hydrogens is 414 g/mol. The van der Waals surface area contributed by atoms with Gasteiger partial charge in [0.25, 0.3) is 0 Å². The number of nitrogens with zero attached hydrogens (tertiary/aromatic N) is 1. The maximum atomic E-state index is 12.5. The van der Waals surface area contributed by atoms with E-state index in [1.54, 1.807) is 24.4 Å². The Kier molecular flexibility index (Phi) is 7.30. The number of benzene rings is 1. The molecular formula is C24H29NO5S. The van der Waals surface area contributed by atoms with Gasteiger partial charge in [0.2, 0.25) is 0 Å². The van der Waals surface area contributed by atoms with Crippen molar-refractivity contribution in [2.75, 3.05) is 12.4 Å². The molecule has 1 aromatic heterocycles. The molecule has 0 bridgehead atoms. The van der Waals surface area contributed by atoms with E-state index in [-0.39, 0.29) is 23.8 Å². The van der Waals surface area contributed by atoms with Crippen molar-refractivity contribution in [1.82, 2.24) is 4.98 Å². The Hall–Kier alpha value is -2.48. The predicted octanol–water partition coefficient (Wildman–Crippen LogP) is 3.21. The minimum Gasteiger partial charge on any atom is -0.507 e. The zero-order valence-corrected chi connectivity index (χ0v) is 18.6. The zero-order chi connectivity index (χ0) is 22.6. The van der Waals surface area contributed by atoms with Crippen LogP contribution in [0.3, 0.4) is 0 Å². The third-order valence-electron chi connectivity index (χ3n) is 5.68. The molecule has 1 aliphatic heterocycles. The molecule has 2 aromatic rings. The average molecular weight is 444 g/mol. The normalized spacial score (nSPS) is 19.8. The Balaban J connectivity index is 1.91. The van der Waals surface area contributed by atoms with E-state index in [4.69, 9.17) is 0 Å². The van der Waals surface area contributed by atoms with Gasteiger partial charge in [0.1, 0.15) is 11.0 Å². The van der Waals surface area contributed by atoms with Crippen molar-refractivity contribution >= 4 is 21.5 Å². The highest BCUT2D eigenvalue weighted by Crippen LogP contribution is 2.36. The van der Waals surface area contributed by atoms with Gasteiger partial charge in [0, 0.05) is 11.8 Å². The van der Waals surface area contributed by atoms with Gasteiger partial charge in [0.15, 0.2) is 9.84 Å². The number of phenolic OH excluding ortho intramolecular Hbond substituents is 1. The summed E-state index contributed by atoms with van der Waals surface area (Å²) in [6.07, 6.45) is 3.20. The van der Waals surface area contributed by atoms with Crippen molar-refractivity contribution in [3.05, 3.63) is 71.1 Å². The number of sulfone groups is 1. The second-order valence-corrected chi connectivity index (χ2v) is 10.3.